The van der Waals surface area contributed by atoms with E-state index in [1.165, 1.54) is 0 Å². The Morgan fingerprint density at radius 2 is 1.72 bits per heavy atom. The van der Waals surface area contributed by atoms with Crippen LogP contribution in [-0.4, -0.2) is 47.3 Å². The van der Waals surface area contributed by atoms with Crippen LogP contribution < -0.4 is 10.7 Å². The van der Waals surface area contributed by atoms with Crippen LogP contribution in [0.5, 0.6) is 0 Å². The third-order valence-corrected chi connectivity index (χ3v) is 2.49. The van der Waals surface area contributed by atoms with Crippen LogP contribution in [0.3, 0.4) is 0 Å². The van der Waals surface area contributed by atoms with Crippen molar-refractivity contribution in [1.29, 1.82) is 0 Å². The first-order valence-corrected chi connectivity index (χ1v) is 6.72. The average molecular weight is 259 g/mol. The number of carbonyl (C=O) groups excluding carboxylic acids is 1. The van der Waals surface area contributed by atoms with E-state index in [0.29, 0.717) is 25.2 Å². The lowest BCUT2D eigenvalue weighted by Gasteiger charge is -2.31. The van der Waals surface area contributed by atoms with Gasteiger partial charge in [0.25, 0.3) is 0 Å². The molecule has 0 aliphatic heterocycles. The summed E-state index contributed by atoms with van der Waals surface area (Å²) >= 11 is 0. The Balaban J connectivity index is 4.09. The third kappa shape index (κ3) is 7.63. The van der Waals surface area contributed by atoms with Crippen molar-refractivity contribution < 1.29 is 9.90 Å². The highest BCUT2D eigenvalue weighted by Crippen LogP contribution is 1.98. The zero-order chi connectivity index (χ0) is 14.3. The van der Waals surface area contributed by atoms with E-state index in [4.69, 9.17) is 0 Å². The number of aliphatic hydroxyl groups is 1. The molecule has 5 nitrogen and oxygen atoms in total. The molecule has 0 aromatic heterocycles. The van der Waals surface area contributed by atoms with Gasteiger partial charge in [-0.1, -0.05) is 13.8 Å². The molecule has 0 bridgehead atoms. The minimum atomic E-state index is -0.568. The molecule has 0 aromatic rings. The summed E-state index contributed by atoms with van der Waals surface area (Å²) in [5.41, 5.74) is 3.28. The van der Waals surface area contributed by atoms with Crippen molar-refractivity contribution in [2.75, 3.05) is 13.1 Å². The lowest BCUT2D eigenvalue weighted by atomic mass is 10.2. The van der Waals surface area contributed by atoms with Crippen molar-refractivity contribution in [3.63, 3.8) is 0 Å². The van der Waals surface area contributed by atoms with Gasteiger partial charge in [-0.05, 0) is 27.7 Å². The maximum absolute atomic E-state index is 11.4. The Morgan fingerprint density at radius 3 is 2.11 bits per heavy atom. The fourth-order valence-electron chi connectivity index (χ4n) is 1.46. The minimum absolute atomic E-state index is 0.0260. The zero-order valence-corrected chi connectivity index (χ0v) is 12.5. The maximum Gasteiger partial charge on any atom is 0.222 e. The maximum atomic E-state index is 11.4. The van der Waals surface area contributed by atoms with E-state index in [2.05, 4.69) is 38.4 Å². The van der Waals surface area contributed by atoms with E-state index in [-0.39, 0.29) is 11.8 Å². The van der Waals surface area contributed by atoms with Crippen LogP contribution in [-0.2, 0) is 4.79 Å². The van der Waals surface area contributed by atoms with Gasteiger partial charge in [-0.15, -0.1) is 0 Å². The lowest BCUT2D eigenvalue weighted by molar-refractivity contribution is -0.124. The highest BCUT2D eigenvalue weighted by molar-refractivity contribution is 5.77. The van der Waals surface area contributed by atoms with E-state index in [1.54, 1.807) is 0 Å². The number of nitrogens with one attached hydrogen (secondary N) is 2. The second-order valence-corrected chi connectivity index (χ2v) is 5.58. The molecule has 5 heteroatoms. The van der Waals surface area contributed by atoms with Gasteiger partial charge in [0.15, 0.2) is 0 Å². The summed E-state index contributed by atoms with van der Waals surface area (Å²) in [4.78, 5) is 11.4. The number of aliphatic hydroxyl groups excluding tert-OH is 1. The fourth-order valence-corrected chi connectivity index (χ4v) is 1.46. The molecule has 0 radical (unpaired) electrons. The largest absolute Gasteiger partial charge is 0.390 e. The van der Waals surface area contributed by atoms with Gasteiger partial charge in [0, 0.05) is 31.1 Å². The van der Waals surface area contributed by atoms with Crippen molar-refractivity contribution in [1.82, 2.24) is 15.8 Å². The summed E-state index contributed by atoms with van der Waals surface area (Å²) in [6.07, 6.45) is -0.568. The van der Waals surface area contributed by atoms with Gasteiger partial charge in [-0.25, -0.2) is 5.01 Å². The van der Waals surface area contributed by atoms with Gasteiger partial charge in [-0.3, -0.25) is 10.2 Å². The molecule has 1 atom stereocenters. The quantitative estimate of drug-likeness (QED) is 0.563. The van der Waals surface area contributed by atoms with Gasteiger partial charge < -0.3 is 10.4 Å². The first kappa shape index (κ1) is 17.4. The van der Waals surface area contributed by atoms with Gasteiger partial charge in [0.05, 0.1) is 6.10 Å². The molecule has 0 saturated carbocycles. The van der Waals surface area contributed by atoms with Crippen molar-refractivity contribution in [2.24, 2.45) is 5.92 Å². The van der Waals surface area contributed by atoms with Crippen molar-refractivity contribution in [3.8, 4) is 0 Å². The summed E-state index contributed by atoms with van der Waals surface area (Å²) in [6, 6.07) is 0.618. The molecule has 0 saturated heterocycles. The summed E-state index contributed by atoms with van der Waals surface area (Å²) in [6.45, 7) is 12.7. The molecular weight excluding hydrogens is 230 g/mol. The highest BCUT2D eigenvalue weighted by atomic mass is 16.3. The number of nitrogens with zero attached hydrogens (tertiary/aromatic N) is 1. The predicted octanol–water partition coefficient (Wildman–Crippen LogP) is 0.743. The molecule has 0 aliphatic carbocycles. The molecule has 18 heavy (non-hydrogen) atoms. The Bertz CT molecular complexity index is 242. The second kappa shape index (κ2) is 8.45. The predicted molar refractivity (Wildman–Crippen MR) is 74.0 cm³/mol. The molecular formula is C13H29N3O2. The van der Waals surface area contributed by atoms with Crippen LogP contribution in [0.25, 0.3) is 0 Å². The highest BCUT2D eigenvalue weighted by Gasteiger charge is 2.16. The normalized spacial score (nSPS) is 13.7. The molecule has 0 spiro atoms. The van der Waals surface area contributed by atoms with E-state index >= 15 is 0 Å². The van der Waals surface area contributed by atoms with E-state index in [1.807, 2.05) is 18.9 Å². The van der Waals surface area contributed by atoms with Crippen LogP contribution in [0.1, 0.15) is 41.5 Å². The average Bonchev–Trinajstić information content (AvgIpc) is 2.23. The van der Waals surface area contributed by atoms with E-state index in [0.717, 1.165) is 0 Å². The summed E-state index contributed by atoms with van der Waals surface area (Å²) < 4.78 is 0. The second-order valence-electron chi connectivity index (χ2n) is 5.58. The smallest absolute Gasteiger partial charge is 0.222 e. The van der Waals surface area contributed by atoms with Crippen LogP contribution in [0.4, 0.5) is 0 Å². The summed E-state index contributed by atoms with van der Waals surface area (Å²) in [5.74, 6) is -0.0749. The summed E-state index contributed by atoms with van der Waals surface area (Å²) in [5, 5.41) is 14.6. The monoisotopic (exact) mass is 259 g/mol. The van der Waals surface area contributed by atoms with Crippen molar-refractivity contribution in [2.45, 2.75) is 59.7 Å². The van der Waals surface area contributed by atoms with Gasteiger partial charge in [0.2, 0.25) is 5.91 Å². The van der Waals surface area contributed by atoms with Crippen LogP contribution >= 0.6 is 0 Å². The number of rotatable bonds is 8. The number of amides is 1. The van der Waals surface area contributed by atoms with Crippen molar-refractivity contribution in [3.05, 3.63) is 0 Å². The molecule has 0 aromatic carbocycles. The molecule has 1 amide bonds. The molecule has 1 unspecified atom stereocenters. The van der Waals surface area contributed by atoms with Crippen molar-refractivity contribution >= 4 is 5.91 Å². The number of hydrogen-bond donors (Lipinski definition) is 3. The van der Waals surface area contributed by atoms with Crippen LogP contribution in [0.15, 0.2) is 0 Å². The molecule has 0 aliphatic rings. The lowest BCUT2D eigenvalue weighted by Crippen LogP contribution is -2.51. The minimum Gasteiger partial charge on any atom is -0.390 e. The van der Waals surface area contributed by atoms with E-state index in [9.17, 15) is 9.90 Å². The van der Waals surface area contributed by atoms with Gasteiger partial charge >= 0.3 is 0 Å². The van der Waals surface area contributed by atoms with Gasteiger partial charge in [0.1, 0.15) is 0 Å². The first-order chi connectivity index (χ1) is 8.23. The van der Waals surface area contributed by atoms with E-state index < -0.39 is 6.10 Å². The van der Waals surface area contributed by atoms with Crippen LogP contribution in [0.2, 0.25) is 0 Å². The summed E-state index contributed by atoms with van der Waals surface area (Å²) in [7, 11) is 0. The first-order valence-electron chi connectivity index (χ1n) is 6.72. The molecule has 0 rings (SSSR count). The topological polar surface area (TPSA) is 64.6 Å². The Morgan fingerprint density at radius 1 is 1.17 bits per heavy atom. The standard InChI is InChI=1S/C13H29N3O2/c1-9(2)13(18)14-7-12(17)8-16(11(5)6)15-10(3)4/h9-12,15,17H,7-8H2,1-6H3,(H,14,18). The number of carbonyl (C=O) groups is 1. The number of hydrazine groups is 1. The van der Waals surface area contributed by atoms with Crippen LogP contribution in [0, 0.1) is 5.92 Å². The Hall–Kier alpha value is -0.650. The third-order valence-electron chi connectivity index (χ3n) is 2.49. The molecule has 3 N–H and O–H groups in total. The zero-order valence-electron chi connectivity index (χ0n) is 12.5. The molecule has 108 valence electrons. The number of hydrogen-bond acceptors (Lipinski definition) is 4. The SMILES string of the molecule is CC(C)NN(CC(O)CNC(=O)C(C)C)C(C)C. The Kier molecular flexibility index (Phi) is 8.15. The van der Waals surface area contributed by atoms with Gasteiger partial charge in [-0.2, -0.15) is 0 Å². The Labute approximate surface area is 111 Å². The fraction of sp³-hybridized carbons (Fsp3) is 0.923. The molecule has 0 fully saturated rings. The molecule has 0 heterocycles.